The lowest BCUT2D eigenvalue weighted by Crippen LogP contribution is -2.76. The van der Waals surface area contributed by atoms with Crippen molar-refractivity contribution >= 4 is 11.3 Å². The van der Waals surface area contributed by atoms with E-state index in [0.717, 1.165) is 43.7 Å². The number of rotatable bonds is 6. The molecular weight excluding hydrogens is 458 g/mol. The summed E-state index contributed by atoms with van der Waals surface area (Å²) in [7, 11) is 1.77. The lowest BCUT2D eigenvalue weighted by Gasteiger charge is -2.70. The Morgan fingerprint density at radius 3 is 2.80 bits per heavy atom. The van der Waals surface area contributed by atoms with Crippen LogP contribution in [0.25, 0.3) is 0 Å². The first-order chi connectivity index (χ1) is 16.9. The zero-order valence-corrected chi connectivity index (χ0v) is 21.8. The second-order valence-electron chi connectivity index (χ2n) is 12.2. The summed E-state index contributed by atoms with van der Waals surface area (Å²) in [5.41, 5.74) is 2.78. The predicted octanol–water partition coefficient (Wildman–Crippen LogP) is 5.05. The van der Waals surface area contributed by atoms with Gasteiger partial charge >= 0.3 is 0 Å². The number of hydrogen-bond donors (Lipinski definition) is 2. The van der Waals surface area contributed by atoms with Crippen LogP contribution in [-0.4, -0.2) is 53.6 Å². The molecule has 7 unspecified atom stereocenters. The maximum Gasteiger partial charge on any atom is 0.165 e. The molecule has 1 aromatic heterocycles. The van der Waals surface area contributed by atoms with E-state index < -0.39 is 11.5 Å². The molecule has 5 nitrogen and oxygen atoms in total. The molecule has 2 aliphatic heterocycles. The van der Waals surface area contributed by atoms with E-state index in [1.165, 1.54) is 30.5 Å². The molecule has 0 radical (unpaired) electrons. The van der Waals surface area contributed by atoms with Gasteiger partial charge in [0.2, 0.25) is 0 Å². The first-order valence-corrected chi connectivity index (χ1v) is 14.3. The van der Waals surface area contributed by atoms with E-state index in [0.29, 0.717) is 11.8 Å². The smallest absolute Gasteiger partial charge is 0.165 e. The quantitative estimate of drug-likeness (QED) is 0.587. The Hall–Kier alpha value is -1.60. The Morgan fingerprint density at radius 2 is 2.11 bits per heavy atom. The summed E-state index contributed by atoms with van der Waals surface area (Å²) >= 11 is 1.63. The molecule has 3 heterocycles. The van der Waals surface area contributed by atoms with Gasteiger partial charge in [0.15, 0.2) is 11.5 Å². The molecule has 2 bridgehead atoms. The monoisotopic (exact) mass is 495 g/mol. The van der Waals surface area contributed by atoms with Gasteiger partial charge in [-0.05, 0) is 85.0 Å². The maximum atomic E-state index is 11.9. The van der Waals surface area contributed by atoms with Crippen molar-refractivity contribution in [2.45, 2.75) is 82.1 Å². The molecule has 2 aromatic rings. The standard InChI is InChI=1S/C29H37NO4S/c1-4-28-16-27(2,24(32)19-9-12-35-15-19)25(33-3)26-29(28)10-11-30(14-17-5-6-17)21(28)13-18-7-8-20(31)23(34-26)22(18)29/h7-9,12,15,17,21,24-26,31-32H,4-6,10-11,13-14,16H2,1-3H3. The first kappa shape index (κ1) is 22.6. The van der Waals surface area contributed by atoms with Crippen molar-refractivity contribution in [3.05, 3.63) is 45.6 Å². The molecule has 1 spiro atoms. The fourth-order valence-corrected chi connectivity index (χ4v) is 9.85. The Bertz CT molecular complexity index is 1150. The summed E-state index contributed by atoms with van der Waals surface area (Å²) in [6.07, 6.45) is 5.47. The van der Waals surface area contributed by atoms with Crippen molar-refractivity contribution in [1.82, 2.24) is 4.90 Å². The van der Waals surface area contributed by atoms with Gasteiger partial charge < -0.3 is 19.7 Å². The summed E-state index contributed by atoms with van der Waals surface area (Å²) in [6.45, 7) is 6.82. The molecule has 1 aromatic carbocycles. The fourth-order valence-electron chi connectivity index (χ4n) is 9.17. The third-order valence-electron chi connectivity index (χ3n) is 10.8. The third kappa shape index (κ3) is 2.70. The minimum Gasteiger partial charge on any atom is -0.504 e. The number of nitrogens with zero attached hydrogens (tertiary/aromatic N) is 1. The van der Waals surface area contributed by atoms with Crippen molar-refractivity contribution in [3.8, 4) is 11.5 Å². The molecule has 3 aliphatic carbocycles. The predicted molar refractivity (Wildman–Crippen MR) is 136 cm³/mol. The number of phenolic OH excluding ortho intramolecular Hbond substituents is 1. The molecule has 1 saturated heterocycles. The van der Waals surface area contributed by atoms with Gasteiger partial charge in [-0.15, -0.1) is 0 Å². The van der Waals surface area contributed by atoms with Crippen LogP contribution in [0.15, 0.2) is 29.0 Å². The molecule has 2 saturated carbocycles. The van der Waals surface area contributed by atoms with E-state index in [4.69, 9.17) is 9.47 Å². The number of likely N-dealkylation sites (tertiary alicyclic amines) is 1. The number of benzene rings is 1. The molecular formula is C29H37NO4S. The Labute approximate surface area is 212 Å². The van der Waals surface area contributed by atoms with E-state index in [9.17, 15) is 10.2 Å². The summed E-state index contributed by atoms with van der Waals surface area (Å²) in [6, 6.07) is 6.42. The van der Waals surface area contributed by atoms with E-state index in [1.807, 2.05) is 17.5 Å². The molecule has 7 atom stereocenters. The minimum absolute atomic E-state index is 0.0579. The van der Waals surface area contributed by atoms with Crippen molar-refractivity contribution < 1.29 is 19.7 Å². The van der Waals surface area contributed by atoms with E-state index in [-0.39, 0.29) is 28.8 Å². The van der Waals surface area contributed by atoms with Gasteiger partial charge in [0, 0.05) is 41.5 Å². The summed E-state index contributed by atoms with van der Waals surface area (Å²) < 4.78 is 13.2. The largest absolute Gasteiger partial charge is 0.504 e. The number of methoxy groups -OCH3 is 1. The van der Waals surface area contributed by atoms with Crippen LogP contribution in [0, 0.1) is 16.7 Å². The van der Waals surface area contributed by atoms with Crippen molar-refractivity contribution in [3.63, 3.8) is 0 Å². The zero-order valence-electron chi connectivity index (χ0n) is 21.0. The number of aliphatic hydroxyl groups excluding tert-OH is 1. The fraction of sp³-hybridized carbons (Fsp3) is 0.655. The summed E-state index contributed by atoms with van der Waals surface area (Å²) in [5, 5.41) is 27.0. The van der Waals surface area contributed by atoms with Gasteiger partial charge in [-0.25, -0.2) is 0 Å². The normalized spacial score (nSPS) is 40.3. The lowest BCUT2D eigenvalue weighted by molar-refractivity contribution is -0.239. The first-order valence-electron chi connectivity index (χ1n) is 13.4. The number of piperidine rings is 1. The molecule has 5 aliphatic rings. The summed E-state index contributed by atoms with van der Waals surface area (Å²) in [5.74, 6) is 1.76. The van der Waals surface area contributed by atoms with E-state index in [2.05, 4.69) is 30.2 Å². The highest BCUT2D eigenvalue weighted by Gasteiger charge is 2.76. The number of aromatic hydroxyl groups is 1. The van der Waals surface area contributed by atoms with Crippen LogP contribution in [0.3, 0.4) is 0 Å². The highest BCUT2D eigenvalue weighted by atomic mass is 32.1. The SMILES string of the molecule is CCC12CC(C)(C(O)c3ccsc3)C(OC)C3Oc4c(O)ccc5c4C31CCN(CC1CC1)C2C5. The van der Waals surface area contributed by atoms with Gasteiger partial charge in [-0.3, -0.25) is 4.90 Å². The van der Waals surface area contributed by atoms with Crippen molar-refractivity contribution in [1.29, 1.82) is 0 Å². The maximum absolute atomic E-state index is 11.9. The van der Waals surface area contributed by atoms with Crippen LogP contribution in [0.5, 0.6) is 11.5 Å². The van der Waals surface area contributed by atoms with Crippen molar-refractivity contribution in [2.75, 3.05) is 20.2 Å². The van der Waals surface area contributed by atoms with Crippen LogP contribution >= 0.6 is 11.3 Å². The van der Waals surface area contributed by atoms with Crippen LogP contribution in [0.2, 0.25) is 0 Å². The highest BCUT2D eigenvalue weighted by Crippen LogP contribution is 2.74. The second-order valence-corrected chi connectivity index (χ2v) is 13.0. The molecule has 188 valence electrons. The average molecular weight is 496 g/mol. The van der Waals surface area contributed by atoms with E-state index >= 15 is 0 Å². The van der Waals surface area contributed by atoms with Crippen LogP contribution < -0.4 is 4.74 Å². The minimum atomic E-state index is -0.639. The average Bonchev–Trinajstić information content (AvgIpc) is 3.36. The number of ether oxygens (including phenoxy) is 2. The third-order valence-corrected chi connectivity index (χ3v) is 11.5. The van der Waals surface area contributed by atoms with Gasteiger partial charge in [0.05, 0.1) is 6.10 Å². The van der Waals surface area contributed by atoms with Gasteiger partial charge in [0.25, 0.3) is 0 Å². The van der Waals surface area contributed by atoms with Gasteiger partial charge in [-0.2, -0.15) is 11.3 Å². The Morgan fingerprint density at radius 1 is 1.29 bits per heavy atom. The molecule has 3 fully saturated rings. The van der Waals surface area contributed by atoms with Crippen molar-refractivity contribution in [2.24, 2.45) is 16.7 Å². The van der Waals surface area contributed by atoms with Crippen LogP contribution in [0.4, 0.5) is 0 Å². The van der Waals surface area contributed by atoms with Crippen LogP contribution in [-0.2, 0) is 16.6 Å². The Kier molecular flexibility index (Phi) is 4.82. The lowest BCUT2D eigenvalue weighted by atomic mass is 9.38. The number of phenols is 1. The molecule has 35 heavy (non-hydrogen) atoms. The number of thiophene rings is 1. The van der Waals surface area contributed by atoms with Gasteiger partial charge in [-0.1, -0.05) is 19.9 Å². The second kappa shape index (κ2) is 7.47. The van der Waals surface area contributed by atoms with E-state index in [1.54, 1.807) is 18.4 Å². The molecule has 6 heteroatoms. The summed E-state index contributed by atoms with van der Waals surface area (Å²) in [4.78, 5) is 2.79. The zero-order chi connectivity index (χ0) is 24.2. The van der Waals surface area contributed by atoms with Crippen LogP contribution in [0.1, 0.15) is 68.7 Å². The van der Waals surface area contributed by atoms with Gasteiger partial charge in [0.1, 0.15) is 12.2 Å². The number of hydrogen-bond acceptors (Lipinski definition) is 6. The molecule has 0 amide bonds. The topological polar surface area (TPSA) is 62.2 Å². The number of aliphatic hydroxyl groups is 1. The molecule has 7 rings (SSSR count). The highest BCUT2D eigenvalue weighted by molar-refractivity contribution is 7.07. The Balaban J connectivity index is 1.46. The molecule has 2 N–H and O–H groups in total.